The molecule has 0 heterocycles. The molecule has 0 spiro atoms. The van der Waals surface area contributed by atoms with E-state index in [9.17, 15) is 26.8 Å². The van der Waals surface area contributed by atoms with Crippen molar-refractivity contribution in [3.05, 3.63) is 59.7 Å². The minimum atomic E-state index is -4.05. The van der Waals surface area contributed by atoms with Crippen molar-refractivity contribution in [1.29, 1.82) is 0 Å². The van der Waals surface area contributed by atoms with Crippen molar-refractivity contribution in [3.63, 3.8) is 0 Å². The van der Waals surface area contributed by atoms with Gasteiger partial charge in [-0.1, -0.05) is 12.1 Å². The van der Waals surface area contributed by atoms with Gasteiger partial charge in [0.15, 0.2) is 11.6 Å². The number of carbonyl (C=O) groups excluding carboxylic acids is 2. The van der Waals surface area contributed by atoms with Gasteiger partial charge >= 0.3 is 0 Å². The molecule has 34 heavy (non-hydrogen) atoms. The molecule has 186 valence electrons. The summed E-state index contributed by atoms with van der Waals surface area (Å²) in [6.07, 6.45) is 0.850. The molecule has 0 aliphatic rings. The van der Waals surface area contributed by atoms with Gasteiger partial charge < -0.3 is 15.0 Å². The lowest BCUT2D eigenvalue weighted by molar-refractivity contribution is -0.139. The molecule has 2 aromatic rings. The van der Waals surface area contributed by atoms with Gasteiger partial charge in [0, 0.05) is 18.7 Å². The number of carbonyl (C=O) groups is 2. The maximum Gasteiger partial charge on any atom is 0.244 e. The number of nitrogens with zero attached hydrogens (tertiary/aromatic N) is 2. The second-order valence-electron chi connectivity index (χ2n) is 8.08. The van der Waals surface area contributed by atoms with Gasteiger partial charge in [0.05, 0.1) is 19.1 Å². The van der Waals surface area contributed by atoms with Gasteiger partial charge in [-0.3, -0.25) is 13.9 Å². The molecule has 1 N–H and O–H groups in total. The minimum absolute atomic E-state index is 0.0158. The van der Waals surface area contributed by atoms with E-state index in [1.165, 1.54) is 18.9 Å². The number of nitrogens with one attached hydrogen (secondary N) is 1. The van der Waals surface area contributed by atoms with Crippen molar-refractivity contribution in [2.45, 2.75) is 39.4 Å². The predicted molar refractivity (Wildman–Crippen MR) is 125 cm³/mol. The van der Waals surface area contributed by atoms with Crippen molar-refractivity contribution >= 4 is 27.5 Å². The van der Waals surface area contributed by atoms with Crippen LogP contribution in [0.25, 0.3) is 0 Å². The molecule has 2 rings (SSSR count). The Kier molecular flexibility index (Phi) is 8.97. The number of sulfonamides is 1. The molecule has 11 heteroatoms. The van der Waals surface area contributed by atoms with Crippen LogP contribution in [0.4, 0.5) is 14.5 Å². The molecule has 8 nitrogen and oxygen atoms in total. The van der Waals surface area contributed by atoms with Crippen molar-refractivity contribution in [2.75, 3.05) is 24.2 Å². The Morgan fingerprint density at radius 2 is 1.74 bits per heavy atom. The quantitative estimate of drug-likeness (QED) is 0.545. The third-order valence-electron chi connectivity index (χ3n) is 4.96. The van der Waals surface area contributed by atoms with E-state index in [1.807, 2.05) is 0 Å². The summed E-state index contributed by atoms with van der Waals surface area (Å²) in [4.78, 5) is 27.3. The summed E-state index contributed by atoms with van der Waals surface area (Å²) in [5, 5.41) is 2.73. The fourth-order valence-electron chi connectivity index (χ4n) is 3.21. The highest BCUT2D eigenvalue weighted by molar-refractivity contribution is 7.92. The maximum atomic E-state index is 13.8. The van der Waals surface area contributed by atoms with Crippen LogP contribution in [0.3, 0.4) is 0 Å². The zero-order valence-corrected chi connectivity index (χ0v) is 20.5. The van der Waals surface area contributed by atoms with Crippen molar-refractivity contribution in [3.8, 4) is 5.75 Å². The van der Waals surface area contributed by atoms with E-state index >= 15 is 0 Å². The predicted octanol–water partition coefficient (Wildman–Crippen LogP) is 2.68. The number of methoxy groups -OCH3 is 1. The number of anilines is 1. The second kappa shape index (κ2) is 11.3. The summed E-state index contributed by atoms with van der Waals surface area (Å²) in [6, 6.07) is 8.28. The molecule has 0 bridgehead atoms. The van der Waals surface area contributed by atoms with Crippen molar-refractivity contribution < 1.29 is 31.5 Å². The number of amides is 2. The van der Waals surface area contributed by atoms with Crippen LogP contribution in [0.5, 0.6) is 5.75 Å². The van der Waals surface area contributed by atoms with Crippen LogP contribution in [0, 0.1) is 11.6 Å². The van der Waals surface area contributed by atoms with Crippen LogP contribution >= 0.6 is 0 Å². The molecule has 0 saturated carbocycles. The summed E-state index contributed by atoms with van der Waals surface area (Å²) in [6.45, 7) is 4.34. The molecule has 1 atom stereocenters. The fourth-order valence-corrected chi connectivity index (χ4v) is 4.05. The number of rotatable bonds is 10. The van der Waals surface area contributed by atoms with E-state index in [0.29, 0.717) is 21.7 Å². The molecular weight excluding hydrogens is 468 g/mol. The molecule has 0 aliphatic heterocycles. The SMILES string of the molecule is COc1cccc(CN(C(=O)CN(c2ccc(F)c(F)c2)S(C)(=O)=O)C(C)C(=O)NC(C)C)c1. The average molecular weight is 498 g/mol. The first kappa shape index (κ1) is 27.0. The summed E-state index contributed by atoms with van der Waals surface area (Å²) in [5.74, 6) is -2.99. The van der Waals surface area contributed by atoms with E-state index in [4.69, 9.17) is 4.74 Å². The Balaban J connectivity index is 2.42. The van der Waals surface area contributed by atoms with E-state index in [0.717, 1.165) is 18.4 Å². The van der Waals surface area contributed by atoms with Crippen LogP contribution in [-0.2, 0) is 26.2 Å². The number of hydrogen-bond acceptors (Lipinski definition) is 5. The molecule has 0 aliphatic carbocycles. The lowest BCUT2D eigenvalue weighted by Crippen LogP contribution is -2.52. The Bertz CT molecular complexity index is 1140. The molecule has 0 aromatic heterocycles. The zero-order valence-electron chi connectivity index (χ0n) is 19.7. The molecule has 2 amide bonds. The summed E-state index contributed by atoms with van der Waals surface area (Å²) < 4.78 is 57.9. The Morgan fingerprint density at radius 3 is 2.29 bits per heavy atom. The monoisotopic (exact) mass is 497 g/mol. The van der Waals surface area contributed by atoms with Gasteiger partial charge in [-0.15, -0.1) is 0 Å². The van der Waals surface area contributed by atoms with E-state index < -0.39 is 46.1 Å². The van der Waals surface area contributed by atoms with Gasteiger partial charge in [0.25, 0.3) is 0 Å². The molecule has 0 fully saturated rings. The van der Waals surface area contributed by atoms with Crippen LogP contribution < -0.4 is 14.4 Å². The van der Waals surface area contributed by atoms with Gasteiger partial charge in [-0.2, -0.15) is 0 Å². The van der Waals surface area contributed by atoms with Crippen LogP contribution in [0.15, 0.2) is 42.5 Å². The number of hydrogen-bond donors (Lipinski definition) is 1. The third-order valence-corrected chi connectivity index (χ3v) is 6.10. The first-order valence-electron chi connectivity index (χ1n) is 10.5. The molecule has 2 aromatic carbocycles. The number of halogens is 2. The highest BCUT2D eigenvalue weighted by atomic mass is 32.2. The second-order valence-corrected chi connectivity index (χ2v) is 9.99. The van der Waals surface area contributed by atoms with Crippen LogP contribution in [-0.4, -0.2) is 57.1 Å². The molecular formula is C23H29F2N3O5S. The van der Waals surface area contributed by atoms with E-state index in [2.05, 4.69) is 5.32 Å². The standard InChI is InChI=1S/C23H29F2N3O5S/c1-15(2)26-23(30)16(3)27(13-17-7-6-8-19(11-17)33-4)22(29)14-28(34(5,31)32)18-9-10-20(24)21(25)12-18/h6-12,15-16H,13-14H2,1-5H3,(H,26,30). The molecule has 0 radical (unpaired) electrons. The summed E-state index contributed by atoms with van der Waals surface area (Å²) >= 11 is 0. The topological polar surface area (TPSA) is 96.0 Å². The third kappa shape index (κ3) is 7.14. The molecule has 1 unspecified atom stereocenters. The van der Waals surface area contributed by atoms with E-state index in [-0.39, 0.29) is 18.3 Å². The highest BCUT2D eigenvalue weighted by Crippen LogP contribution is 2.22. The number of benzene rings is 2. The Hall–Kier alpha value is -3.21. The zero-order chi connectivity index (χ0) is 25.6. The summed E-state index contributed by atoms with van der Waals surface area (Å²) in [7, 11) is -2.56. The highest BCUT2D eigenvalue weighted by Gasteiger charge is 2.30. The van der Waals surface area contributed by atoms with Gasteiger partial charge in [0.1, 0.15) is 18.3 Å². The smallest absolute Gasteiger partial charge is 0.244 e. The number of ether oxygens (including phenoxy) is 1. The van der Waals surface area contributed by atoms with Crippen molar-refractivity contribution in [2.24, 2.45) is 0 Å². The summed E-state index contributed by atoms with van der Waals surface area (Å²) in [5.41, 5.74) is 0.436. The minimum Gasteiger partial charge on any atom is -0.497 e. The van der Waals surface area contributed by atoms with Gasteiger partial charge in [-0.25, -0.2) is 17.2 Å². The van der Waals surface area contributed by atoms with Crippen molar-refractivity contribution in [1.82, 2.24) is 10.2 Å². The lowest BCUT2D eigenvalue weighted by Gasteiger charge is -2.32. The van der Waals surface area contributed by atoms with Crippen LogP contribution in [0.1, 0.15) is 26.3 Å². The van der Waals surface area contributed by atoms with Crippen LogP contribution in [0.2, 0.25) is 0 Å². The van der Waals surface area contributed by atoms with Gasteiger partial charge in [0.2, 0.25) is 21.8 Å². The largest absolute Gasteiger partial charge is 0.497 e. The Labute approximate surface area is 198 Å². The van der Waals surface area contributed by atoms with E-state index in [1.54, 1.807) is 38.1 Å². The normalized spacial score (nSPS) is 12.2. The van der Waals surface area contributed by atoms with Gasteiger partial charge in [-0.05, 0) is 50.6 Å². The molecule has 0 saturated heterocycles. The maximum absolute atomic E-state index is 13.8. The first-order valence-corrected chi connectivity index (χ1v) is 12.3. The Morgan fingerprint density at radius 1 is 1.06 bits per heavy atom. The fraction of sp³-hybridized carbons (Fsp3) is 0.391. The lowest BCUT2D eigenvalue weighted by atomic mass is 10.1. The average Bonchev–Trinajstić information content (AvgIpc) is 2.76. The first-order chi connectivity index (χ1) is 15.8.